The van der Waals surface area contributed by atoms with E-state index in [0.29, 0.717) is 18.9 Å². The average Bonchev–Trinajstić information content (AvgIpc) is 2.61. The van der Waals surface area contributed by atoms with E-state index in [1.807, 2.05) is 54.6 Å². The molecule has 0 saturated heterocycles. The fourth-order valence-corrected chi connectivity index (χ4v) is 1.87. The molecule has 5 nitrogen and oxygen atoms in total. The summed E-state index contributed by atoms with van der Waals surface area (Å²) in [5.41, 5.74) is 0. The molecule has 2 aromatic rings. The SMILES string of the molecule is COc1ccc(OCCN(C)C(=O)COc2ccccc2)cc1. The highest BCUT2D eigenvalue weighted by Gasteiger charge is 2.09. The van der Waals surface area contributed by atoms with Crippen molar-refractivity contribution < 1.29 is 19.0 Å². The van der Waals surface area contributed by atoms with Crippen molar-refractivity contribution in [2.24, 2.45) is 0 Å². The lowest BCUT2D eigenvalue weighted by Crippen LogP contribution is -2.34. The zero-order chi connectivity index (χ0) is 16.5. The zero-order valence-corrected chi connectivity index (χ0v) is 13.4. The molecule has 0 unspecified atom stereocenters. The Morgan fingerprint density at radius 3 is 2.17 bits per heavy atom. The Kier molecular flexibility index (Phi) is 6.29. The third-order valence-electron chi connectivity index (χ3n) is 3.29. The van der Waals surface area contributed by atoms with Crippen LogP contribution in [-0.4, -0.2) is 44.7 Å². The lowest BCUT2D eigenvalue weighted by Gasteiger charge is -2.17. The number of benzene rings is 2. The van der Waals surface area contributed by atoms with Crippen LogP contribution in [0.4, 0.5) is 0 Å². The van der Waals surface area contributed by atoms with E-state index < -0.39 is 0 Å². The van der Waals surface area contributed by atoms with Crippen molar-refractivity contribution in [1.29, 1.82) is 0 Å². The minimum absolute atomic E-state index is 0.0169. The minimum atomic E-state index is -0.0906. The molecule has 0 aromatic heterocycles. The number of amides is 1. The third-order valence-corrected chi connectivity index (χ3v) is 3.29. The predicted molar refractivity (Wildman–Crippen MR) is 88.1 cm³/mol. The van der Waals surface area contributed by atoms with Crippen molar-refractivity contribution >= 4 is 5.91 Å². The molecule has 0 atom stereocenters. The summed E-state index contributed by atoms with van der Waals surface area (Å²) in [7, 11) is 3.35. The van der Waals surface area contributed by atoms with Gasteiger partial charge in [0.1, 0.15) is 23.9 Å². The van der Waals surface area contributed by atoms with Gasteiger partial charge in [0, 0.05) is 7.05 Å². The van der Waals surface area contributed by atoms with Crippen molar-refractivity contribution in [2.45, 2.75) is 0 Å². The van der Waals surface area contributed by atoms with Crippen LogP contribution in [0.3, 0.4) is 0 Å². The molecular formula is C18H21NO4. The average molecular weight is 315 g/mol. The number of carbonyl (C=O) groups is 1. The van der Waals surface area contributed by atoms with E-state index in [9.17, 15) is 4.79 Å². The topological polar surface area (TPSA) is 48.0 Å². The van der Waals surface area contributed by atoms with Gasteiger partial charge in [0.15, 0.2) is 6.61 Å². The number of rotatable bonds is 8. The number of ether oxygens (including phenoxy) is 3. The molecule has 0 bridgehead atoms. The number of methoxy groups -OCH3 is 1. The number of likely N-dealkylation sites (N-methyl/N-ethyl adjacent to an activating group) is 1. The van der Waals surface area contributed by atoms with Crippen molar-refractivity contribution in [3.63, 3.8) is 0 Å². The second-order valence-electron chi connectivity index (χ2n) is 4.94. The number of nitrogens with zero attached hydrogens (tertiary/aromatic N) is 1. The smallest absolute Gasteiger partial charge is 0.260 e. The van der Waals surface area contributed by atoms with Crippen LogP contribution in [0.15, 0.2) is 54.6 Å². The van der Waals surface area contributed by atoms with Crippen molar-refractivity contribution in [1.82, 2.24) is 4.90 Å². The third kappa shape index (κ3) is 5.54. The van der Waals surface area contributed by atoms with Gasteiger partial charge < -0.3 is 19.1 Å². The lowest BCUT2D eigenvalue weighted by molar-refractivity contribution is -0.132. The Morgan fingerprint density at radius 2 is 1.52 bits per heavy atom. The number of carbonyl (C=O) groups excluding carboxylic acids is 1. The first-order valence-corrected chi connectivity index (χ1v) is 7.37. The molecule has 0 aliphatic carbocycles. The van der Waals surface area contributed by atoms with E-state index in [0.717, 1.165) is 11.5 Å². The first-order valence-electron chi connectivity index (χ1n) is 7.37. The molecule has 0 heterocycles. The van der Waals surface area contributed by atoms with E-state index in [1.165, 1.54) is 0 Å². The van der Waals surface area contributed by atoms with Crippen LogP contribution in [0.2, 0.25) is 0 Å². The second kappa shape index (κ2) is 8.68. The summed E-state index contributed by atoms with van der Waals surface area (Å²) in [4.78, 5) is 13.6. The summed E-state index contributed by atoms with van der Waals surface area (Å²) in [5.74, 6) is 2.12. The van der Waals surface area contributed by atoms with Crippen LogP contribution in [0.5, 0.6) is 17.2 Å². The van der Waals surface area contributed by atoms with Gasteiger partial charge in [0.2, 0.25) is 0 Å². The van der Waals surface area contributed by atoms with Gasteiger partial charge in [-0.1, -0.05) is 18.2 Å². The van der Waals surface area contributed by atoms with E-state index in [4.69, 9.17) is 14.2 Å². The van der Waals surface area contributed by atoms with Crippen molar-refractivity contribution in [3.8, 4) is 17.2 Å². The molecule has 0 saturated carbocycles. The Bertz CT molecular complexity index is 598. The molecule has 2 rings (SSSR count). The summed E-state index contributed by atoms with van der Waals surface area (Å²) in [6.07, 6.45) is 0. The minimum Gasteiger partial charge on any atom is -0.497 e. The summed E-state index contributed by atoms with van der Waals surface area (Å²) in [5, 5.41) is 0. The Morgan fingerprint density at radius 1 is 0.913 bits per heavy atom. The Hall–Kier alpha value is -2.69. The van der Waals surface area contributed by atoms with Crippen LogP contribution in [0, 0.1) is 0 Å². The molecular weight excluding hydrogens is 294 g/mol. The van der Waals surface area contributed by atoms with Crippen LogP contribution in [-0.2, 0) is 4.79 Å². The molecule has 0 spiro atoms. The molecule has 0 aliphatic heterocycles. The summed E-state index contributed by atoms with van der Waals surface area (Å²) >= 11 is 0. The molecule has 0 aliphatic rings. The zero-order valence-electron chi connectivity index (χ0n) is 13.4. The van der Waals surface area contributed by atoms with E-state index in [-0.39, 0.29) is 12.5 Å². The molecule has 2 aromatic carbocycles. The van der Waals surface area contributed by atoms with Crippen LogP contribution >= 0.6 is 0 Å². The van der Waals surface area contributed by atoms with Crippen molar-refractivity contribution in [3.05, 3.63) is 54.6 Å². The van der Waals surface area contributed by atoms with E-state index in [2.05, 4.69) is 0 Å². The highest BCUT2D eigenvalue weighted by molar-refractivity contribution is 5.77. The van der Waals surface area contributed by atoms with Gasteiger partial charge in [-0.25, -0.2) is 0 Å². The monoisotopic (exact) mass is 315 g/mol. The van der Waals surface area contributed by atoms with Crippen LogP contribution in [0.1, 0.15) is 0 Å². The fourth-order valence-electron chi connectivity index (χ4n) is 1.87. The quantitative estimate of drug-likeness (QED) is 0.751. The van der Waals surface area contributed by atoms with Gasteiger partial charge in [0.25, 0.3) is 5.91 Å². The van der Waals surface area contributed by atoms with Crippen LogP contribution in [0.25, 0.3) is 0 Å². The lowest BCUT2D eigenvalue weighted by atomic mass is 10.3. The Labute approximate surface area is 136 Å². The Balaban J connectivity index is 1.69. The van der Waals surface area contributed by atoms with E-state index in [1.54, 1.807) is 19.1 Å². The highest BCUT2D eigenvalue weighted by Crippen LogP contribution is 2.16. The first kappa shape index (κ1) is 16.7. The van der Waals surface area contributed by atoms with Gasteiger partial charge in [-0.05, 0) is 36.4 Å². The molecule has 0 N–H and O–H groups in total. The normalized spacial score (nSPS) is 10.0. The van der Waals surface area contributed by atoms with Gasteiger partial charge in [-0.3, -0.25) is 4.79 Å². The molecule has 0 radical (unpaired) electrons. The maximum atomic E-state index is 12.0. The maximum absolute atomic E-state index is 12.0. The molecule has 0 fully saturated rings. The molecule has 122 valence electrons. The number of hydrogen-bond donors (Lipinski definition) is 0. The summed E-state index contributed by atoms with van der Waals surface area (Å²) in [6.45, 7) is 0.923. The largest absolute Gasteiger partial charge is 0.497 e. The first-order chi connectivity index (χ1) is 11.2. The molecule has 1 amide bonds. The standard InChI is InChI=1S/C18H21NO4/c1-19(18(20)14-23-16-6-4-3-5-7-16)12-13-22-17-10-8-15(21-2)9-11-17/h3-11H,12-14H2,1-2H3. The van der Waals surface area contributed by atoms with Gasteiger partial charge in [-0.2, -0.15) is 0 Å². The fraction of sp³-hybridized carbons (Fsp3) is 0.278. The number of para-hydroxylation sites is 1. The van der Waals surface area contributed by atoms with Gasteiger partial charge >= 0.3 is 0 Å². The van der Waals surface area contributed by atoms with Crippen molar-refractivity contribution in [2.75, 3.05) is 33.9 Å². The second-order valence-corrected chi connectivity index (χ2v) is 4.94. The summed E-state index contributed by atoms with van der Waals surface area (Å²) in [6, 6.07) is 16.6. The number of hydrogen-bond acceptors (Lipinski definition) is 4. The molecule has 23 heavy (non-hydrogen) atoms. The van der Waals surface area contributed by atoms with Gasteiger partial charge in [0.05, 0.1) is 13.7 Å². The highest BCUT2D eigenvalue weighted by atomic mass is 16.5. The van der Waals surface area contributed by atoms with E-state index >= 15 is 0 Å². The molecule has 5 heteroatoms. The maximum Gasteiger partial charge on any atom is 0.260 e. The summed E-state index contributed by atoms with van der Waals surface area (Å²) < 4.78 is 16.1. The predicted octanol–water partition coefficient (Wildman–Crippen LogP) is 2.61. The van der Waals surface area contributed by atoms with Gasteiger partial charge in [-0.15, -0.1) is 0 Å². The van der Waals surface area contributed by atoms with Crippen LogP contribution < -0.4 is 14.2 Å².